The minimum atomic E-state index is -3.48. The molecule has 0 saturated carbocycles. The van der Waals surface area contributed by atoms with E-state index < -0.39 is 10.0 Å². The monoisotopic (exact) mass is 386 g/mol. The Hall–Kier alpha value is -2.38. The Balaban J connectivity index is 1.60. The van der Waals surface area contributed by atoms with Gasteiger partial charge in [0, 0.05) is 18.7 Å². The zero-order valence-electron chi connectivity index (χ0n) is 15.2. The number of benzene rings is 2. The van der Waals surface area contributed by atoms with E-state index >= 15 is 0 Å². The van der Waals surface area contributed by atoms with E-state index in [0.717, 1.165) is 18.5 Å². The summed E-state index contributed by atoms with van der Waals surface area (Å²) in [5.41, 5.74) is 1.19. The van der Waals surface area contributed by atoms with Gasteiger partial charge in [-0.25, -0.2) is 8.42 Å². The second-order valence-corrected chi connectivity index (χ2v) is 8.89. The summed E-state index contributed by atoms with van der Waals surface area (Å²) in [6, 6.07) is 13.7. The highest BCUT2D eigenvalue weighted by Crippen LogP contribution is 2.34. The molecule has 2 aliphatic heterocycles. The van der Waals surface area contributed by atoms with E-state index in [0.29, 0.717) is 30.9 Å². The minimum absolute atomic E-state index is 0.112. The highest BCUT2D eigenvalue weighted by Gasteiger charge is 2.30. The van der Waals surface area contributed by atoms with Crippen molar-refractivity contribution in [2.75, 3.05) is 24.5 Å². The first kappa shape index (κ1) is 18.0. The number of carbonyl (C=O) groups excluding carboxylic acids is 1. The Morgan fingerprint density at radius 1 is 1.04 bits per heavy atom. The van der Waals surface area contributed by atoms with E-state index in [4.69, 9.17) is 4.74 Å². The van der Waals surface area contributed by atoms with Gasteiger partial charge in [0.25, 0.3) is 5.91 Å². The topological polar surface area (TPSA) is 66.9 Å². The van der Waals surface area contributed by atoms with Gasteiger partial charge in [0.05, 0.1) is 17.1 Å². The van der Waals surface area contributed by atoms with E-state index in [2.05, 4.69) is 0 Å². The maximum absolute atomic E-state index is 13.0. The van der Waals surface area contributed by atoms with Crippen LogP contribution < -0.4 is 9.64 Å². The van der Waals surface area contributed by atoms with E-state index in [1.54, 1.807) is 17.0 Å². The normalized spacial score (nSPS) is 20.2. The molecule has 2 aromatic carbocycles. The molecule has 0 radical (unpaired) electrons. The molecule has 1 unspecified atom stereocenters. The molecule has 2 aromatic rings. The standard InChI is InChI=1S/C20H22N2O4S/c1-15-14-22(18-6-2-3-7-19(18)26-15)20(23)16-8-10-17(11-9-16)27(24,25)21-12-4-5-13-21/h2-3,6-11,15H,4-5,12-14H2,1H3. The summed E-state index contributed by atoms with van der Waals surface area (Å²) < 4.78 is 32.6. The number of rotatable bonds is 3. The lowest BCUT2D eigenvalue weighted by Crippen LogP contribution is -2.42. The lowest BCUT2D eigenvalue weighted by atomic mass is 10.1. The highest BCUT2D eigenvalue weighted by molar-refractivity contribution is 7.89. The van der Waals surface area contributed by atoms with Crippen molar-refractivity contribution in [3.05, 3.63) is 54.1 Å². The molecule has 0 aliphatic carbocycles. The molecule has 2 heterocycles. The van der Waals surface area contributed by atoms with Crippen molar-refractivity contribution in [2.24, 2.45) is 0 Å². The number of anilines is 1. The zero-order valence-corrected chi connectivity index (χ0v) is 16.0. The van der Waals surface area contributed by atoms with Crippen LogP contribution in [0.25, 0.3) is 0 Å². The lowest BCUT2D eigenvalue weighted by Gasteiger charge is -2.33. The van der Waals surface area contributed by atoms with Crippen LogP contribution in [-0.2, 0) is 10.0 Å². The van der Waals surface area contributed by atoms with E-state index in [9.17, 15) is 13.2 Å². The van der Waals surface area contributed by atoms with E-state index in [1.807, 2.05) is 31.2 Å². The molecule has 4 rings (SSSR count). The van der Waals surface area contributed by atoms with Gasteiger partial charge in [0.2, 0.25) is 10.0 Å². The molecule has 1 amide bonds. The molecule has 0 aromatic heterocycles. The lowest BCUT2D eigenvalue weighted by molar-refractivity contribution is 0.0961. The molecule has 0 bridgehead atoms. The Morgan fingerprint density at radius 2 is 1.70 bits per heavy atom. The maximum atomic E-state index is 13.0. The maximum Gasteiger partial charge on any atom is 0.258 e. The van der Waals surface area contributed by atoms with Crippen LogP contribution in [0.4, 0.5) is 5.69 Å². The van der Waals surface area contributed by atoms with Crippen LogP contribution in [0.5, 0.6) is 5.75 Å². The second kappa shape index (κ2) is 6.98. The van der Waals surface area contributed by atoms with E-state index in [1.165, 1.54) is 16.4 Å². The van der Waals surface area contributed by atoms with Crippen LogP contribution in [0, 0.1) is 0 Å². The predicted molar refractivity (Wildman–Crippen MR) is 103 cm³/mol. The number of amides is 1. The van der Waals surface area contributed by atoms with Crippen LogP contribution in [0.3, 0.4) is 0 Å². The third-order valence-corrected chi connectivity index (χ3v) is 6.89. The summed E-state index contributed by atoms with van der Waals surface area (Å²) in [6.07, 6.45) is 1.67. The fraction of sp³-hybridized carbons (Fsp3) is 0.350. The smallest absolute Gasteiger partial charge is 0.258 e. The zero-order chi connectivity index (χ0) is 19.0. The Kier molecular flexibility index (Phi) is 4.65. The van der Waals surface area contributed by atoms with Crippen molar-refractivity contribution in [3.63, 3.8) is 0 Å². The van der Waals surface area contributed by atoms with Gasteiger partial charge in [-0.15, -0.1) is 0 Å². The number of hydrogen-bond donors (Lipinski definition) is 0. The summed E-state index contributed by atoms with van der Waals surface area (Å²) in [5, 5.41) is 0. The van der Waals surface area contributed by atoms with Gasteiger partial charge in [0.1, 0.15) is 11.9 Å². The first-order chi connectivity index (χ1) is 13.0. The van der Waals surface area contributed by atoms with Crippen molar-refractivity contribution < 1.29 is 17.9 Å². The molecule has 7 heteroatoms. The number of fused-ring (bicyclic) bond motifs is 1. The van der Waals surface area contributed by atoms with Gasteiger partial charge in [-0.3, -0.25) is 4.79 Å². The second-order valence-electron chi connectivity index (χ2n) is 6.95. The van der Waals surface area contributed by atoms with Gasteiger partial charge in [-0.2, -0.15) is 4.31 Å². The third-order valence-electron chi connectivity index (χ3n) is 4.97. The van der Waals surface area contributed by atoms with Crippen LogP contribution in [0.2, 0.25) is 0 Å². The number of para-hydroxylation sites is 2. The van der Waals surface area contributed by atoms with Crippen molar-refractivity contribution in [1.29, 1.82) is 0 Å². The molecular formula is C20H22N2O4S. The molecule has 2 aliphatic rings. The summed E-state index contributed by atoms with van der Waals surface area (Å²) in [6.45, 7) is 3.49. The van der Waals surface area contributed by atoms with Crippen molar-refractivity contribution in [3.8, 4) is 5.75 Å². The summed E-state index contributed by atoms with van der Waals surface area (Å²) in [4.78, 5) is 15.0. The fourth-order valence-corrected chi connectivity index (χ4v) is 5.10. The molecule has 142 valence electrons. The van der Waals surface area contributed by atoms with Crippen molar-refractivity contribution in [1.82, 2.24) is 4.31 Å². The summed E-state index contributed by atoms with van der Waals surface area (Å²) >= 11 is 0. The van der Waals surface area contributed by atoms with Crippen molar-refractivity contribution >= 4 is 21.6 Å². The third kappa shape index (κ3) is 3.33. The summed E-state index contributed by atoms with van der Waals surface area (Å²) in [5.74, 6) is 0.514. The Bertz CT molecular complexity index is 950. The van der Waals surface area contributed by atoms with Crippen LogP contribution in [0.15, 0.2) is 53.4 Å². The fourth-order valence-electron chi connectivity index (χ4n) is 3.58. The minimum Gasteiger partial charge on any atom is -0.487 e. The number of sulfonamides is 1. The van der Waals surface area contributed by atoms with Gasteiger partial charge >= 0.3 is 0 Å². The average molecular weight is 386 g/mol. The SMILES string of the molecule is CC1CN(C(=O)c2ccc(S(=O)(=O)N3CCCC3)cc2)c2ccccc2O1. The predicted octanol–water partition coefficient (Wildman–Crippen LogP) is 2.90. The molecule has 0 N–H and O–H groups in total. The first-order valence-corrected chi connectivity index (χ1v) is 10.6. The van der Waals surface area contributed by atoms with Crippen molar-refractivity contribution in [2.45, 2.75) is 30.8 Å². The van der Waals surface area contributed by atoms with E-state index in [-0.39, 0.29) is 16.9 Å². The number of carbonyl (C=O) groups is 1. The molecule has 6 nitrogen and oxygen atoms in total. The van der Waals surface area contributed by atoms with Crippen LogP contribution in [-0.4, -0.2) is 44.4 Å². The van der Waals surface area contributed by atoms with Crippen LogP contribution in [0.1, 0.15) is 30.1 Å². The van der Waals surface area contributed by atoms with Gasteiger partial charge in [-0.1, -0.05) is 12.1 Å². The Labute approximate surface area is 159 Å². The number of ether oxygens (including phenoxy) is 1. The molecule has 0 spiro atoms. The molecule has 1 fully saturated rings. The first-order valence-electron chi connectivity index (χ1n) is 9.14. The summed E-state index contributed by atoms with van der Waals surface area (Å²) in [7, 11) is -3.48. The highest BCUT2D eigenvalue weighted by atomic mass is 32.2. The quantitative estimate of drug-likeness (QED) is 0.814. The largest absolute Gasteiger partial charge is 0.487 e. The van der Waals surface area contributed by atoms with Gasteiger partial charge in [-0.05, 0) is 56.2 Å². The van der Waals surface area contributed by atoms with Crippen LogP contribution >= 0.6 is 0 Å². The molecule has 1 saturated heterocycles. The molecular weight excluding hydrogens is 364 g/mol. The van der Waals surface area contributed by atoms with Gasteiger partial charge < -0.3 is 9.64 Å². The van der Waals surface area contributed by atoms with Gasteiger partial charge in [0.15, 0.2) is 0 Å². The molecule has 27 heavy (non-hydrogen) atoms. The number of nitrogens with zero attached hydrogens (tertiary/aromatic N) is 2. The molecule has 1 atom stereocenters. The Morgan fingerprint density at radius 3 is 2.41 bits per heavy atom. The number of hydrogen-bond acceptors (Lipinski definition) is 4. The average Bonchev–Trinajstić information content (AvgIpc) is 3.22.